The highest BCUT2D eigenvalue weighted by atomic mass is 79.9. The molecule has 0 bridgehead atoms. The number of anilines is 1. The van der Waals surface area contributed by atoms with E-state index < -0.39 is 17.8 Å². The summed E-state index contributed by atoms with van der Waals surface area (Å²) in [5.74, 6) is -2.26. The van der Waals surface area contributed by atoms with Gasteiger partial charge in [0.25, 0.3) is 11.8 Å². The fraction of sp³-hybridized carbons (Fsp3) is 0.111. The number of carboxylic acid groups (broad SMARTS) is 1. The Hall–Kier alpha value is -4.09. The summed E-state index contributed by atoms with van der Waals surface area (Å²) in [6.07, 6.45) is 1.37. The number of ether oxygens (including phenoxy) is 2. The zero-order valence-electron chi connectivity index (χ0n) is 19.9. The van der Waals surface area contributed by atoms with Gasteiger partial charge in [-0.1, -0.05) is 34.1 Å². The predicted octanol–water partition coefficient (Wildman–Crippen LogP) is 5.10. The molecule has 1 saturated heterocycles. The van der Waals surface area contributed by atoms with Crippen LogP contribution in [-0.2, 0) is 16.2 Å². The average molecular weight is 599 g/mol. The Balaban J connectivity index is 1.67. The summed E-state index contributed by atoms with van der Waals surface area (Å²) in [6, 6.07) is 14.9. The van der Waals surface area contributed by atoms with Crippen LogP contribution in [0.15, 0.2) is 70.7 Å². The molecule has 0 saturated carbocycles. The van der Waals surface area contributed by atoms with E-state index in [1.807, 2.05) is 0 Å². The second-order valence-electron chi connectivity index (χ2n) is 7.99. The lowest BCUT2D eigenvalue weighted by molar-refractivity contribution is -0.122. The van der Waals surface area contributed by atoms with Gasteiger partial charge < -0.3 is 14.6 Å². The molecule has 2 N–H and O–H groups in total. The van der Waals surface area contributed by atoms with Crippen molar-refractivity contribution in [3.63, 3.8) is 0 Å². The first-order chi connectivity index (χ1) is 18.2. The first kappa shape index (κ1) is 27.0. The fourth-order valence-corrected chi connectivity index (χ4v) is 4.37. The molecule has 1 aliphatic heterocycles. The Morgan fingerprint density at radius 1 is 1.11 bits per heavy atom. The van der Waals surface area contributed by atoms with Gasteiger partial charge in [0, 0.05) is 4.47 Å². The molecule has 1 fully saturated rings. The largest absolute Gasteiger partial charge is 0.490 e. The van der Waals surface area contributed by atoms with Crippen LogP contribution in [-0.4, -0.2) is 34.6 Å². The van der Waals surface area contributed by atoms with E-state index in [1.165, 1.54) is 42.5 Å². The number of benzene rings is 3. The second-order valence-corrected chi connectivity index (χ2v) is 9.23. The molecule has 0 spiro atoms. The molecule has 0 radical (unpaired) electrons. The molecule has 38 heavy (non-hydrogen) atoms. The van der Waals surface area contributed by atoms with Crippen LogP contribution in [0.5, 0.6) is 11.5 Å². The minimum absolute atomic E-state index is 0.0431. The smallest absolute Gasteiger partial charge is 0.335 e. The van der Waals surface area contributed by atoms with Crippen molar-refractivity contribution < 1.29 is 33.4 Å². The van der Waals surface area contributed by atoms with Gasteiger partial charge in [-0.2, -0.15) is 0 Å². The maximum absolute atomic E-state index is 13.5. The zero-order chi connectivity index (χ0) is 27.4. The Morgan fingerprint density at radius 3 is 2.55 bits per heavy atom. The molecule has 8 nitrogen and oxygen atoms in total. The number of nitrogens with one attached hydrogen (secondary N) is 1. The molecule has 1 aliphatic rings. The van der Waals surface area contributed by atoms with Gasteiger partial charge in [-0.3, -0.25) is 19.8 Å². The highest BCUT2D eigenvalue weighted by Gasteiger charge is 2.35. The Kier molecular flexibility index (Phi) is 8.18. The van der Waals surface area contributed by atoms with Crippen LogP contribution in [0.25, 0.3) is 6.08 Å². The molecule has 194 valence electrons. The average Bonchev–Trinajstić information content (AvgIpc) is 2.87. The summed E-state index contributed by atoms with van der Waals surface area (Å²) in [4.78, 5) is 38.6. The Bertz CT molecular complexity index is 1490. The molecule has 3 aromatic carbocycles. The summed E-state index contributed by atoms with van der Waals surface area (Å²) in [6.45, 7) is 2.20. The third-order valence-corrected chi connectivity index (χ3v) is 6.37. The van der Waals surface area contributed by atoms with Gasteiger partial charge >= 0.3 is 5.97 Å². The summed E-state index contributed by atoms with van der Waals surface area (Å²) >= 11 is 8.64. The van der Waals surface area contributed by atoms with Crippen molar-refractivity contribution in [3.8, 4) is 11.5 Å². The van der Waals surface area contributed by atoms with Gasteiger partial charge in [0.2, 0.25) is 0 Å². The van der Waals surface area contributed by atoms with Gasteiger partial charge in [0.1, 0.15) is 18.0 Å². The van der Waals surface area contributed by atoms with E-state index in [9.17, 15) is 23.9 Å². The molecule has 4 rings (SSSR count). The van der Waals surface area contributed by atoms with Crippen LogP contribution in [0.1, 0.15) is 28.4 Å². The maximum Gasteiger partial charge on any atom is 0.335 e. The lowest BCUT2D eigenvalue weighted by Gasteiger charge is -2.29. The van der Waals surface area contributed by atoms with Crippen molar-refractivity contribution in [3.05, 3.63) is 93.2 Å². The number of carbonyl (C=O) groups excluding carboxylic acids is 2. The highest BCUT2D eigenvalue weighted by Crippen LogP contribution is 2.36. The number of rotatable bonds is 8. The SMILES string of the molecule is CCOc1cc(C=C2C(=O)NC(=S)N(c3cccc(C(=O)O)c3)C2=O)c(Br)cc1OCc1cccc(F)c1. The molecule has 2 amide bonds. The summed E-state index contributed by atoms with van der Waals surface area (Å²) in [7, 11) is 0. The predicted molar refractivity (Wildman–Crippen MR) is 146 cm³/mol. The number of carboxylic acids is 1. The summed E-state index contributed by atoms with van der Waals surface area (Å²) < 4.78 is 25.6. The topological polar surface area (TPSA) is 105 Å². The Labute approximate surface area is 230 Å². The number of hydrogen-bond donors (Lipinski definition) is 2. The molecule has 0 unspecified atom stereocenters. The lowest BCUT2D eigenvalue weighted by atomic mass is 10.1. The molecule has 1 heterocycles. The number of carbonyl (C=O) groups is 3. The number of amides is 2. The molecule has 0 aliphatic carbocycles. The van der Waals surface area contributed by atoms with Gasteiger partial charge in [-0.15, -0.1) is 0 Å². The Morgan fingerprint density at radius 2 is 1.84 bits per heavy atom. The molecule has 0 atom stereocenters. The van der Waals surface area contributed by atoms with E-state index in [2.05, 4.69) is 21.2 Å². The number of nitrogens with zero attached hydrogens (tertiary/aromatic N) is 1. The molecule has 3 aromatic rings. The van der Waals surface area contributed by atoms with Crippen molar-refractivity contribution in [1.29, 1.82) is 0 Å². The number of thiocarbonyl (C=S) groups is 1. The molecular formula is C27H20BrFN2O6S. The van der Waals surface area contributed by atoms with Crippen LogP contribution < -0.4 is 19.7 Å². The minimum Gasteiger partial charge on any atom is -0.490 e. The first-order valence-electron chi connectivity index (χ1n) is 11.3. The monoisotopic (exact) mass is 598 g/mol. The standard InChI is InChI=1S/C27H20BrFN2O6S/c1-2-36-22-12-17(21(28)13-23(22)37-14-15-5-3-7-18(29)9-15)11-20-24(32)30-27(38)31(25(20)33)19-8-4-6-16(10-19)26(34)35/h3-13H,2,14H2,1H3,(H,34,35)(H,30,32,38). The number of aromatic carboxylic acids is 1. The van der Waals surface area contributed by atoms with Gasteiger partial charge in [-0.25, -0.2) is 9.18 Å². The molecular weight excluding hydrogens is 579 g/mol. The third kappa shape index (κ3) is 5.90. The second kappa shape index (κ2) is 11.5. The van der Waals surface area contributed by atoms with Crippen LogP contribution in [0, 0.1) is 5.82 Å². The normalized spacial score (nSPS) is 14.4. The van der Waals surface area contributed by atoms with Crippen molar-refractivity contribution in [2.45, 2.75) is 13.5 Å². The van der Waals surface area contributed by atoms with Gasteiger partial charge in [0.05, 0.1) is 17.9 Å². The van der Waals surface area contributed by atoms with Crippen molar-refractivity contribution >= 4 is 62.8 Å². The summed E-state index contributed by atoms with van der Waals surface area (Å²) in [5.41, 5.74) is 0.995. The third-order valence-electron chi connectivity index (χ3n) is 5.40. The van der Waals surface area contributed by atoms with E-state index in [4.69, 9.17) is 21.7 Å². The van der Waals surface area contributed by atoms with Gasteiger partial charge in [0.15, 0.2) is 16.6 Å². The highest BCUT2D eigenvalue weighted by molar-refractivity contribution is 9.10. The summed E-state index contributed by atoms with van der Waals surface area (Å²) in [5, 5.41) is 11.6. The minimum atomic E-state index is -1.17. The van der Waals surface area contributed by atoms with Crippen molar-refractivity contribution in [1.82, 2.24) is 5.32 Å². The van der Waals surface area contributed by atoms with E-state index in [-0.39, 0.29) is 34.4 Å². The number of hydrogen-bond acceptors (Lipinski definition) is 6. The molecule has 0 aromatic heterocycles. The van der Waals surface area contributed by atoms with E-state index >= 15 is 0 Å². The lowest BCUT2D eigenvalue weighted by Crippen LogP contribution is -2.54. The van der Waals surface area contributed by atoms with Crippen LogP contribution in [0.3, 0.4) is 0 Å². The van der Waals surface area contributed by atoms with Gasteiger partial charge in [-0.05, 0) is 78.8 Å². The van der Waals surface area contributed by atoms with Crippen molar-refractivity contribution in [2.75, 3.05) is 11.5 Å². The van der Waals surface area contributed by atoms with E-state index in [1.54, 1.807) is 31.2 Å². The van der Waals surface area contributed by atoms with E-state index in [0.717, 1.165) is 4.90 Å². The first-order valence-corrected chi connectivity index (χ1v) is 12.5. The van der Waals surface area contributed by atoms with Crippen LogP contribution in [0.4, 0.5) is 10.1 Å². The fourth-order valence-electron chi connectivity index (χ4n) is 3.66. The molecule has 11 heteroatoms. The van der Waals surface area contributed by atoms with Crippen molar-refractivity contribution in [2.24, 2.45) is 0 Å². The van der Waals surface area contributed by atoms with Crippen LogP contribution in [0.2, 0.25) is 0 Å². The zero-order valence-corrected chi connectivity index (χ0v) is 22.3. The van der Waals surface area contributed by atoms with E-state index in [0.29, 0.717) is 33.7 Å². The quantitative estimate of drug-likeness (QED) is 0.211. The maximum atomic E-state index is 13.5. The van der Waals surface area contributed by atoms with Crippen LogP contribution >= 0.6 is 28.1 Å². The number of halogens is 2.